The van der Waals surface area contributed by atoms with Crippen LogP contribution >= 0.6 is 11.3 Å². The van der Waals surface area contributed by atoms with E-state index in [0.717, 1.165) is 36.5 Å². The van der Waals surface area contributed by atoms with Crippen LogP contribution in [0.2, 0.25) is 0 Å². The molecule has 0 spiro atoms. The van der Waals surface area contributed by atoms with Crippen molar-refractivity contribution < 1.29 is 14.7 Å². The molecule has 1 unspecified atom stereocenters. The first-order valence-electron chi connectivity index (χ1n) is 10.3. The normalized spacial score (nSPS) is 17.0. The number of aliphatic hydroxyl groups is 1. The van der Waals surface area contributed by atoms with E-state index in [4.69, 9.17) is 0 Å². The molecule has 0 fully saturated rings. The van der Waals surface area contributed by atoms with Crippen LogP contribution in [0.5, 0.6) is 0 Å². The first-order chi connectivity index (χ1) is 14.6. The van der Waals surface area contributed by atoms with Gasteiger partial charge in [-0.15, -0.1) is 11.3 Å². The number of amides is 1. The molecule has 0 aliphatic carbocycles. The fraction of sp³-hybridized carbons (Fsp3) is 0.333. The summed E-state index contributed by atoms with van der Waals surface area (Å²) in [4.78, 5) is 30.7. The highest BCUT2D eigenvalue weighted by Gasteiger charge is 2.43. The number of hydrogen-bond acceptors (Lipinski definition) is 5. The molecular weight excluding hydrogens is 396 g/mol. The number of carbonyl (C=O) groups excluding carboxylic acids is 2. The molecule has 1 aliphatic rings. The Bertz CT molecular complexity index is 915. The molecule has 158 valence electrons. The Kier molecular flexibility index (Phi) is 7.60. The summed E-state index contributed by atoms with van der Waals surface area (Å²) < 4.78 is 0. The van der Waals surface area contributed by atoms with Crippen molar-refractivity contribution in [1.82, 2.24) is 9.80 Å². The minimum atomic E-state index is -0.540. The Morgan fingerprint density at radius 2 is 1.90 bits per heavy atom. The summed E-state index contributed by atoms with van der Waals surface area (Å²) in [6.07, 6.45) is 3.93. The summed E-state index contributed by atoms with van der Waals surface area (Å²) >= 11 is 1.49. The van der Waals surface area contributed by atoms with Crippen LogP contribution in [0.3, 0.4) is 0 Å². The Morgan fingerprint density at radius 1 is 1.17 bits per heavy atom. The zero-order valence-electron chi connectivity index (χ0n) is 17.5. The van der Waals surface area contributed by atoms with Gasteiger partial charge in [-0.25, -0.2) is 0 Å². The van der Waals surface area contributed by atoms with Crippen molar-refractivity contribution in [3.8, 4) is 0 Å². The van der Waals surface area contributed by atoms with E-state index in [1.54, 1.807) is 11.0 Å². The summed E-state index contributed by atoms with van der Waals surface area (Å²) in [5.41, 5.74) is 1.05. The molecule has 3 rings (SSSR count). The summed E-state index contributed by atoms with van der Waals surface area (Å²) in [5.74, 6) is -1.24. The van der Waals surface area contributed by atoms with Crippen LogP contribution in [0.4, 0.5) is 0 Å². The molecule has 1 aromatic carbocycles. The lowest BCUT2D eigenvalue weighted by atomic mass is 10.0. The van der Waals surface area contributed by atoms with E-state index in [9.17, 15) is 14.7 Å². The van der Waals surface area contributed by atoms with Crippen molar-refractivity contribution in [2.75, 3.05) is 26.2 Å². The fourth-order valence-corrected chi connectivity index (χ4v) is 4.55. The maximum atomic E-state index is 13.0. The van der Waals surface area contributed by atoms with Crippen LogP contribution < -0.4 is 0 Å². The van der Waals surface area contributed by atoms with E-state index in [1.165, 1.54) is 17.4 Å². The first kappa shape index (κ1) is 22.0. The SMILES string of the molecule is CCN(CC)CCCN1C(=O)C(O)=C(C(=O)/C=C/c2ccccc2)C1c1cccs1. The van der Waals surface area contributed by atoms with Crippen molar-refractivity contribution in [2.24, 2.45) is 0 Å². The van der Waals surface area contributed by atoms with Gasteiger partial charge in [-0.2, -0.15) is 0 Å². The smallest absolute Gasteiger partial charge is 0.290 e. The first-order valence-corrected chi connectivity index (χ1v) is 11.2. The second-order valence-electron chi connectivity index (χ2n) is 7.17. The average Bonchev–Trinajstić information content (AvgIpc) is 3.38. The standard InChI is InChI=1S/C24H28N2O3S/c1-3-25(4-2)15-9-16-26-22(20-12-8-17-30-20)21(23(28)24(26)29)19(27)14-13-18-10-6-5-7-11-18/h5-8,10-14,17,22,28H,3-4,9,15-16H2,1-2H3/b14-13+. The zero-order chi connectivity index (χ0) is 21.5. The molecule has 1 atom stereocenters. The van der Waals surface area contributed by atoms with E-state index >= 15 is 0 Å². The predicted octanol–water partition coefficient (Wildman–Crippen LogP) is 4.46. The summed E-state index contributed by atoms with van der Waals surface area (Å²) in [5, 5.41) is 12.5. The Morgan fingerprint density at radius 3 is 2.53 bits per heavy atom. The average molecular weight is 425 g/mol. The summed E-state index contributed by atoms with van der Waals surface area (Å²) in [7, 11) is 0. The van der Waals surface area contributed by atoms with Crippen LogP contribution in [-0.4, -0.2) is 52.8 Å². The van der Waals surface area contributed by atoms with Gasteiger partial charge >= 0.3 is 0 Å². The van der Waals surface area contributed by atoms with Gasteiger partial charge in [0, 0.05) is 11.4 Å². The Hall–Kier alpha value is -2.70. The Labute approximate surface area is 181 Å². The molecular formula is C24H28N2O3S. The third-order valence-electron chi connectivity index (χ3n) is 5.38. The van der Waals surface area contributed by atoms with Crippen molar-refractivity contribution in [1.29, 1.82) is 0 Å². The van der Waals surface area contributed by atoms with Gasteiger partial charge in [-0.3, -0.25) is 9.59 Å². The van der Waals surface area contributed by atoms with E-state index in [0.29, 0.717) is 6.54 Å². The summed E-state index contributed by atoms with van der Waals surface area (Å²) in [6, 6.07) is 12.8. The quantitative estimate of drug-likeness (QED) is 0.572. The van der Waals surface area contributed by atoms with Crippen molar-refractivity contribution >= 4 is 29.1 Å². The number of ketones is 1. The van der Waals surface area contributed by atoms with Gasteiger partial charge in [0.05, 0.1) is 11.6 Å². The number of carbonyl (C=O) groups is 2. The second-order valence-corrected chi connectivity index (χ2v) is 8.15. The van der Waals surface area contributed by atoms with Crippen LogP contribution in [0.25, 0.3) is 6.08 Å². The topological polar surface area (TPSA) is 60.9 Å². The molecule has 30 heavy (non-hydrogen) atoms. The predicted molar refractivity (Wildman–Crippen MR) is 121 cm³/mol. The number of thiophene rings is 1. The van der Waals surface area contributed by atoms with Gasteiger partial charge in [0.15, 0.2) is 11.5 Å². The monoisotopic (exact) mass is 424 g/mol. The lowest BCUT2D eigenvalue weighted by molar-refractivity contribution is -0.129. The zero-order valence-corrected chi connectivity index (χ0v) is 18.3. The molecule has 1 amide bonds. The van der Waals surface area contributed by atoms with Crippen LogP contribution in [0.1, 0.15) is 36.8 Å². The number of aliphatic hydroxyl groups excluding tert-OH is 1. The Balaban J connectivity index is 1.83. The van der Waals surface area contributed by atoms with E-state index in [2.05, 4.69) is 18.7 Å². The molecule has 0 bridgehead atoms. The molecule has 5 nitrogen and oxygen atoms in total. The van der Waals surface area contributed by atoms with E-state index in [1.807, 2.05) is 47.8 Å². The second kappa shape index (κ2) is 10.4. The van der Waals surface area contributed by atoms with Gasteiger partial charge in [-0.1, -0.05) is 56.3 Å². The maximum absolute atomic E-state index is 13.0. The lowest BCUT2D eigenvalue weighted by Gasteiger charge is -2.26. The van der Waals surface area contributed by atoms with Crippen LogP contribution in [0.15, 0.2) is 65.3 Å². The number of nitrogens with zero attached hydrogens (tertiary/aromatic N) is 2. The molecule has 0 saturated carbocycles. The molecule has 1 aromatic heterocycles. The lowest BCUT2D eigenvalue weighted by Crippen LogP contribution is -2.34. The largest absolute Gasteiger partial charge is 0.503 e. The highest BCUT2D eigenvalue weighted by atomic mass is 32.1. The van der Waals surface area contributed by atoms with Gasteiger partial charge in [0.25, 0.3) is 5.91 Å². The van der Waals surface area contributed by atoms with Gasteiger partial charge in [0.2, 0.25) is 0 Å². The third-order valence-corrected chi connectivity index (χ3v) is 6.30. The molecule has 1 aliphatic heterocycles. The van der Waals surface area contributed by atoms with Gasteiger partial charge in [-0.05, 0) is 49.1 Å². The van der Waals surface area contributed by atoms with Gasteiger partial charge < -0.3 is 14.9 Å². The molecule has 2 aromatic rings. The number of allylic oxidation sites excluding steroid dienone is 1. The summed E-state index contributed by atoms with van der Waals surface area (Å²) in [6.45, 7) is 7.49. The van der Waals surface area contributed by atoms with Crippen LogP contribution in [-0.2, 0) is 9.59 Å². The number of benzene rings is 1. The number of hydrogen-bond donors (Lipinski definition) is 1. The molecule has 6 heteroatoms. The van der Waals surface area contributed by atoms with Gasteiger partial charge in [0.1, 0.15) is 0 Å². The highest BCUT2D eigenvalue weighted by molar-refractivity contribution is 7.10. The molecule has 1 N–H and O–H groups in total. The number of rotatable bonds is 10. The van der Waals surface area contributed by atoms with Crippen molar-refractivity contribution in [3.63, 3.8) is 0 Å². The minimum absolute atomic E-state index is 0.164. The highest BCUT2D eigenvalue weighted by Crippen LogP contribution is 2.39. The van der Waals surface area contributed by atoms with E-state index in [-0.39, 0.29) is 11.4 Å². The molecule has 2 heterocycles. The van der Waals surface area contributed by atoms with E-state index < -0.39 is 17.7 Å². The maximum Gasteiger partial charge on any atom is 0.290 e. The third kappa shape index (κ3) is 4.89. The molecule has 0 saturated heterocycles. The van der Waals surface area contributed by atoms with Crippen molar-refractivity contribution in [2.45, 2.75) is 26.3 Å². The van der Waals surface area contributed by atoms with Crippen LogP contribution in [0, 0.1) is 0 Å². The minimum Gasteiger partial charge on any atom is -0.503 e. The van der Waals surface area contributed by atoms with Crippen molar-refractivity contribution in [3.05, 3.63) is 75.7 Å². The fourth-order valence-electron chi connectivity index (χ4n) is 3.71. The molecule has 0 radical (unpaired) electrons.